The maximum absolute atomic E-state index is 3.56. The summed E-state index contributed by atoms with van der Waals surface area (Å²) in [6.45, 7) is 4.41. The molecule has 88 valence electrons. The fourth-order valence-corrected chi connectivity index (χ4v) is 1.85. The molecule has 0 bridgehead atoms. The first-order valence-electron chi connectivity index (χ1n) is 6.22. The largest absolute Gasteiger partial charge is 0.382 e. The molecule has 1 heteroatoms. The fourth-order valence-electron chi connectivity index (χ4n) is 1.85. The summed E-state index contributed by atoms with van der Waals surface area (Å²) in [4.78, 5) is 0. The van der Waals surface area contributed by atoms with E-state index in [1.807, 2.05) is 6.07 Å². The minimum atomic E-state index is 0.500. The molecule has 17 heavy (non-hydrogen) atoms. The Kier molecular flexibility index (Phi) is 3.81. The molecule has 2 rings (SSSR count). The van der Waals surface area contributed by atoms with Crippen LogP contribution >= 0.6 is 0 Å². The number of hydrogen-bond donors (Lipinski definition) is 1. The Morgan fingerprint density at radius 1 is 0.941 bits per heavy atom. The van der Waals surface area contributed by atoms with E-state index in [9.17, 15) is 0 Å². The zero-order valence-corrected chi connectivity index (χ0v) is 10.5. The molecule has 0 spiro atoms. The van der Waals surface area contributed by atoms with Crippen LogP contribution in [-0.2, 0) is 0 Å². The number of rotatable bonds is 4. The molecule has 1 atom stereocenters. The lowest BCUT2D eigenvalue weighted by atomic mass is 10.0. The quantitative estimate of drug-likeness (QED) is 0.804. The van der Waals surface area contributed by atoms with Gasteiger partial charge in [-0.05, 0) is 25.0 Å². The molecule has 0 aliphatic rings. The highest BCUT2D eigenvalue weighted by Crippen LogP contribution is 2.28. The van der Waals surface area contributed by atoms with E-state index in [1.165, 1.54) is 16.8 Å². The number of para-hydroxylation sites is 1. The molecule has 2 aromatic carbocycles. The molecule has 1 unspecified atom stereocenters. The first-order chi connectivity index (χ1) is 8.31. The molecule has 0 aliphatic carbocycles. The van der Waals surface area contributed by atoms with E-state index in [-0.39, 0.29) is 0 Å². The maximum atomic E-state index is 3.56. The van der Waals surface area contributed by atoms with Crippen LogP contribution in [-0.4, -0.2) is 6.04 Å². The van der Waals surface area contributed by atoms with Gasteiger partial charge in [-0.15, -0.1) is 0 Å². The molecule has 1 N–H and O–H groups in total. The molecule has 0 amide bonds. The average molecular weight is 225 g/mol. The van der Waals surface area contributed by atoms with Crippen molar-refractivity contribution in [1.82, 2.24) is 0 Å². The van der Waals surface area contributed by atoms with Gasteiger partial charge in [-0.3, -0.25) is 0 Å². The van der Waals surface area contributed by atoms with Gasteiger partial charge in [0.05, 0.1) is 0 Å². The molecule has 0 aliphatic heterocycles. The summed E-state index contributed by atoms with van der Waals surface area (Å²) in [5, 5.41) is 3.56. The van der Waals surface area contributed by atoms with Crippen molar-refractivity contribution in [3.63, 3.8) is 0 Å². The summed E-state index contributed by atoms with van der Waals surface area (Å²) in [5.74, 6) is 0. The lowest BCUT2D eigenvalue weighted by Gasteiger charge is -2.16. The van der Waals surface area contributed by atoms with Crippen molar-refractivity contribution < 1.29 is 0 Å². The van der Waals surface area contributed by atoms with E-state index < -0.39 is 0 Å². The maximum Gasteiger partial charge on any atom is 0.0421 e. The zero-order chi connectivity index (χ0) is 12.1. The number of hydrogen-bond acceptors (Lipinski definition) is 1. The highest BCUT2D eigenvalue weighted by Gasteiger charge is 2.05. The van der Waals surface area contributed by atoms with Crippen molar-refractivity contribution in [2.75, 3.05) is 5.32 Å². The lowest BCUT2D eigenvalue weighted by molar-refractivity contribution is 0.764. The van der Waals surface area contributed by atoms with Gasteiger partial charge in [0.15, 0.2) is 0 Å². The highest BCUT2D eigenvalue weighted by atomic mass is 14.9. The Labute approximate surface area is 103 Å². The van der Waals surface area contributed by atoms with Crippen LogP contribution in [0.1, 0.15) is 20.3 Å². The van der Waals surface area contributed by atoms with Crippen molar-refractivity contribution in [1.29, 1.82) is 0 Å². The SMILES string of the molecule is CCC(C)Nc1ccccc1-c1ccccc1. The van der Waals surface area contributed by atoms with Crippen molar-refractivity contribution in [3.05, 3.63) is 54.6 Å². The minimum absolute atomic E-state index is 0.500. The van der Waals surface area contributed by atoms with E-state index >= 15 is 0 Å². The third-order valence-electron chi connectivity index (χ3n) is 3.03. The molecule has 0 heterocycles. The van der Waals surface area contributed by atoms with Crippen LogP contribution < -0.4 is 5.32 Å². The monoisotopic (exact) mass is 225 g/mol. The van der Waals surface area contributed by atoms with Crippen LogP contribution in [0.25, 0.3) is 11.1 Å². The molecular weight excluding hydrogens is 206 g/mol. The van der Waals surface area contributed by atoms with Gasteiger partial charge in [-0.1, -0.05) is 55.5 Å². The standard InChI is InChI=1S/C16H19N/c1-3-13(2)17-16-12-8-7-11-15(16)14-9-5-4-6-10-14/h4-13,17H,3H2,1-2H3. The van der Waals surface area contributed by atoms with Crippen LogP contribution in [0.4, 0.5) is 5.69 Å². The molecule has 0 radical (unpaired) electrons. The smallest absolute Gasteiger partial charge is 0.0421 e. The van der Waals surface area contributed by atoms with E-state index in [0.29, 0.717) is 6.04 Å². The van der Waals surface area contributed by atoms with Gasteiger partial charge < -0.3 is 5.32 Å². The molecule has 1 nitrogen and oxygen atoms in total. The number of nitrogens with one attached hydrogen (secondary N) is 1. The van der Waals surface area contributed by atoms with Crippen LogP contribution in [0, 0.1) is 0 Å². The summed E-state index contributed by atoms with van der Waals surface area (Å²) in [5.41, 5.74) is 3.75. The summed E-state index contributed by atoms with van der Waals surface area (Å²) < 4.78 is 0. The Balaban J connectivity index is 2.34. The second-order valence-electron chi connectivity index (χ2n) is 4.37. The second-order valence-corrected chi connectivity index (χ2v) is 4.37. The van der Waals surface area contributed by atoms with E-state index in [2.05, 4.69) is 67.7 Å². The van der Waals surface area contributed by atoms with E-state index in [0.717, 1.165) is 6.42 Å². The molecule has 0 saturated heterocycles. The Hall–Kier alpha value is -1.76. The number of anilines is 1. The van der Waals surface area contributed by atoms with Gasteiger partial charge in [-0.2, -0.15) is 0 Å². The van der Waals surface area contributed by atoms with Crippen molar-refractivity contribution in [3.8, 4) is 11.1 Å². The molecular formula is C16H19N. The van der Waals surface area contributed by atoms with Gasteiger partial charge in [0, 0.05) is 17.3 Å². The second kappa shape index (κ2) is 5.53. The Bertz CT molecular complexity index is 462. The first-order valence-corrected chi connectivity index (χ1v) is 6.22. The summed E-state index contributed by atoms with van der Waals surface area (Å²) in [7, 11) is 0. The van der Waals surface area contributed by atoms with Crippen molar-refractivity contribution in [2.45, 2.75) is 26.3 Å². The van der Waals surface area contributed by atoms with Gasteiger partial charge in [0.2, 0.25) is 0 Å². The summed E-state index contributed by atoms with van der Waals surface area (Å²) >= 11 is 0. The number of benzene rings is 2. The predicted molar refractivity (Wildman–Crippen MR) is 75.3 cm³/mol. The average Bonchev–Trinajstić information content (AvgIpc) is 2.40. The third-order valence-corrected chi connectivity index (χ3v) is 3.03. The van der Waals surface area contributed by atoms with Crippen molar-refractivity contribution >= 4 is 5.69 Å². The van der Waals surface area contributed by atoms with Crippen LogP contribution in [0.5, 0.6) is 0 Å². The summed E-state index contributed by atoms with van der Waals surface area (Å²) in [6, 6.07) is 19.5. The van der Waals surface area contributed by atoms with E-state index in [1.54, 1.807) is 0 Å². The fraction of sp³-hybridized carbons (Fsp3) is 0.250. The first kappa shape index (κ1) is 11.7. The normalized spacial score (nSPS) is 12.1. The Morgan fingerprint density at radius 3 is 2.29 bits per heavy atom. The predicted octanol–water partition coefficient (Wildman–Crippen LogP) is 4.56. The molecule has 0 aromatic heterocycles. The van der Waals surface area contributed by atoms with Crippen molar-refractivity contribution in [2.24, 2.45) is 0 Å². The third kappa shape index (κ3) is 2.88. The van der Waals surface area contributed by atoms with Crippen LogP contribution in [0.2, 0.25) is 0 Å². The molecule has 2 aromatic rings. The molecule has 0 fully saturated rings. The van der Waals surface area contributed by atoms with Gasteiger partial charge >= 0.3 is 0 Å². The topological polar surface area (TPSA) is 12.0 Å². The lowest BCUT2D eigenvalue weighted by Crippen LogP contribution is -2.13. The Morgan fingerprint density at radius 2 is 1.59 bits per heavy atom. The van der Waals surface area contributed by atoms with Crippen LogP contribution in [0.3, 0.4) is 0 Å². The summed E-state index contributed by atoms with van der Waals surface area (Å²) in [6.07, 6.45) is 1.13. The van der Waals surface area contributed by atoms with E-state index in [4.69, 9.17) is 0 Å². The van der Waals surface area contributed by atoms with Crippen LogP contribution in [0.15, 0.2) is 54.6 Å². The minimum Gasteiger partial charge on any atom is -0.382 e. The van der Waals surface area contributed by atoms with Gasteiger partial charge in [-0.25, -0.2) is 0 Å². The van der Waals surface area contributed by atoms with Gasteiger partial charge in [0.1, 0.15) is 0 Å². The van der Waals surface area contributed by atoms with Gasteiger partial charge in [0.25, 0.3) is 0 Å². The molecule has 0 saturated carbocycles. The zero-order valence-electron chi connectivity index (χ0n) is 10.5. The highest BCUT2D eigenvalue weighted by molar-refractivity contribution is 5.77.